The summed E-state index contributed by atoms with van der Waals surface area (Å²) < 4.78 is 4.79. The SMILES string of the molecule is CCC(C)(O)CNC(=O)c1ccoc1Cl. The van der Waals surface area contributed by atoms with Gasteiger partial charge in [-0.2, -0.15) is 0 Å². The Hall–Kier alpha value is -1.00. The molecule has 1 amide bonds. The van der Waals surface area contributed by atoms with Crippen molar-refractivity contribution in [2.75, 3.05) is 6.54 Å². The summed E-state index contributed by atoms with van der Waals surface area (Å²) in [7, 11) is 0. The van der Waals surface area contributed by atoms with E-state index in [1.54, 1.807) is 6.92 Å². The number of carbonyl (C=O) groups is 1. The van der Waals surface area contributed by atoms with Gasteiger partial charge < -0.3 is 14.8 Å². The number of furan rings is 1. The molecule has 0 spiro atoms. The van der Waals surface area contributed by atoms with Crippen molar-refractivity contribution in [1.82, 2.24) is 5.32 Å². The molecular formula is C10H14ClNO3. The second-order valence-corrected chi connectivity index (χ2v) is 3.98. The average molecular weight is 232 g/mol. The Morgan fingerprint density at radius 1 is 1.73 bits per heavy atom. The van der Waals surface area contributed by atoms with Crippen LogP contribution in [0.2, 0.25) is 5.22 Å². The van der Waals surface area contributed by atoms with E-state index in [0.29, 0.717) is 6.42 Å². The highest BCUT2D eigenvalue weighted by molar-refractivity contribution is 6.32. The van der Waals surface area contributed by atoms with Gasteiger partial charge in [0.05, 0.1) is 17.4 Å². The van der Waals surface area contributed by atoms with Crippen LogP contribution in [-0.2, 0) is 0 Å². The van der Waals surface area contributed by atoms with Crippen molar-refractivity contribution < 1.29 is 14.3 Å². The first kappa shape index (κ1) is 12.1. The minimum atomic E-state index is -0.897. The van der Waals surface area contributed by atoms with Crippen molar-refractivity contribution in [1.29, 1.82) is 0 Å². The van der Waals surface area contributed by atoms with E-state index in [4.69, 9.17) is 16.0 Å². The maximum absolute atomic E-state index is 11.5. The smallest absolute Gasteiger partial charge is 0.256 e. The number of amides is 1. The van der Waals surface area contributed by atoms with Gasteiger partial charge in [-0.15, -0.1) is 0 Å². The van der Waals surface area contributed by atoms with Crippen LogP contribution < -0.4 is 5.32 Å². The highest BCUT2D eigenvalue weighted by atomic mass is 35.5. The van der Waals surface area contributed by atoms with E-state index in [0.717, 1.165) is 0 Å². The number of halogens is 1. The number of hydrogen-bond donors (Lipinski definition) is 2. The Bertz CT molecular complexity index is 346. The standard InChI is InChI=1S/C10H14ClNO3/c1-3-10(2,14)6-12-9(13)7-4-5-15-8(7)11/h4-5,14H,3,6H2,1-2H3,(H,12,13). The fraction of sp³-hybridized carbons (Fsp3) is 0.500. The molecule has 84 valence electrons. The van der Waals surface area contributed by atoms with Crippen LogP contribution in [0.3, 0.4) is 0 Å². The second kappa shape index (κ2) is 4.68. The quantitative estimate of drug-likeness (QED) is 0.831. The Balaban J connectivity index is 2.55. The zero-order chi connectivity index (χ0) is 11.5. The lowest BCUT2D eigenvalue weighted by molar-refractivity contribution is 0.0518. The predicted molar refractivity (Wildman–Crippen MR) is 57.0 cm³/mol. The lowest BCUT2D eigenvalue weighted by Gasteiger charge is -2.21. The van der Waals surface area contributed by atoms with Gasteiger partial charge in [0.2, 0.25) is 5.22 Å². The molecule has 0 aliphatic heterocycles. The molecule has 1 atom stereocenters. The number of nitrogens with one attached hydrogen (secondary N) is 1. The molecule has 0 saturated carbocycles. The maximum atomic E-state index is 11.5. The Kier molecular flexibility index (Phi) is 3.77. The van der Waals surface area contributed by atoms with Gasteiger partial charge in [-0.05, 0) is 31.0 Å². The Morgan fingerprint density at radius 3 is 2.87 bits per heavy atom. The molecule has 0 aromatic carbocycles. The summed E-state index contributed by atoms with van der Waals surface area (Å²) >= 11 is 5.63. The van der Waals surface area contributed by atoms with Crippen molar-refractivity contribution in [2.24, 2.45) is 0 Å². The van der Waals surface area contributed by atoms with Crippen LogP contribution in [0.5, 0.6) is 0 Å². The molecule has 0 aliphatic rings. The van der Waals surface area contributed by atoms with Crippen LogP contribution >= 0.6 is 11.6 Å². The summed E-state index contributed by atoms with van der Waals surface area (Å²) in [5.41, 5.74) is -0.616. The third-order valence-electron chi connectivity index (χ3n) is 2.25. The molecule has 1 heterocycles. The van der Waals surface area contributed by atoms with Gasteiger partial charge >= 0.3 is 0 Å². The first-order valence-electron chi connectivity index (χ1n) is 4.70. The molecule has 0 aliphatic carbocycles. The lowest BCUT2D eigenvalue weighted by atomic mass is 10.0. The molecule has 0 bridgehead atoms. The number of hydrogen-bond acceptors (Lipinski definition) is 3. The summed E-state index contributed by atoms with van der Waals surface area (Å²) in [6, 6.07) is 1.48. The molecule has 2 N–H and O–H groups in total. The van der Waals surface area contributed by atoms with E-state index in [-0.39, 0.29) is 23.2 Å². The summed E-state index contributed by atoms with van der Waals surface area (Å²) in [6.45, 7) is 3.69. The van der Waals surface area contributed by atoms with Crippen LogP contribution in [0.15, 0.2) is 16.7 Å². The summed E-state index contributed by atoms with van der Waals surface area (Å²) in [5, 5.41) is 12.3. The van der Waals surface area contributed by atoms with E-state index in [1.165, 1.54) is 12.3 Å². The highest BCUT2D eigenvalue weighted by Gasteiger charge is 2.20. The normalized spacial score (nSPS) is 14.7. The van der Waals surface area contributed by atoms with Gasteiger partial charge in [-0.1, -0.05) is 6.92 Å². The second-order valence-electron chi connectivity index (χ2n) is 3.64. The Labute approximate surface area is 93.2 Å². The predicted octanol–water partition coefficient (Wildman–Crippen LogP) is 1.82. The summed E-state index contributed by atoms with van der Waals surface area (Å²) in [4.78, 5) is 11.5. The number of rotatable bonds is 4. The topological polar surface area (TPSA) is 62.5 Å². The molecule has 5 heteroatoms. The van der Waals surface area contributed by atoms with Crippen LogP contribution in [-0.4, -0.2) is 23.2 Å². The minimum absolute atomic E-state index is 0.0589. The van der Waals surface area contributed by atoms with E-state index in [2.05, 4.69) is 5.32 Å². The maximum Gasteiger partial charge on any atom is 0.256 e. The van der Waals surface area contributed by atoms with Crippen LogP contribution in [0.1, 0.15) is 30.6 Å². The van der Waals surface area contributed by atoms with Gasteiger partial charge in [0.25, 0.3) is 5.91 Å². The molecule has 15 heavy (non-hydrogen) atoms. The first-order chi connectivity index (χ1) is 6.96. The van der Waals surface area contributed by atoms with Crippen LogP contribution in [0.25, 0.3) is 0 Å². The fourth-order valence-electron chi connectivity index (χ4n) is 0.947. The van der Waals surface area contributed by atoms with E-state index < -0.39 is 5.60 Å². The van der Waals surface area contributed by atoms with E-state index >= 15 is 0 Å². The van der Waals surface area contributed by atoms with Gasteiger partial charge in [0, 0.05) is 6.54 Å². The zero-order valence-corrected chi connectivity index (χ0v) is 9.47. The molecule has 1 rings (SSSR count). The van der Waals surface area contributed by atoms with E-state index in [1.807, 2.05) is 6.92 Å². The van der Waals surface area contributed by atoms with Gasteiger partial charge in [0.15, 0.2) is 0 Å². The number of carbonyl (C=O) groups excluding carboxylic acids is 1. The molecular weight excluding hydrogens is 218 g/mol. The molecule has 0 fully saturated rings. The lowest BCUT2D eigenvalue weighted by Crippen LogP contribution is -2.40. The molecule has 0 radical (unpaired) electrons. The number of aliphatic hydroxyl groups is 1. The van der Waals surface area contributed by atoms with Crippen molar-refractivity contribution in [3.8, 4) is 0 Å². The highest BCUT2D eigenvalue weighted by Crippen LogP contribution is 2.16. The first-order valence-corrected chi connectivity index (χ1v) is 5.07. The van der Waals surface area contributed by atoms with Crippen LogP contribution in [0, 0.1) is 0 Å². The van der Waals surface area contributed by atoms with Gasteiger partial charge in [-0.3, -0.25) is 4.79 Å². The van der Waals surface area contributed by atoms with Gasteiger partial charge in [-0.25, -0.2) is 0 Å². The molecule has 1 unspecified atom stereocenters. The molecule has 0 saturated heterocycles. The molecule has 1 aromatic heterocycles. The zero-order valence-electron chi connectivity index (χ0n) is 8.71. The van der Waals surface area contributed by atoms with Crippen molar-refractivity contribution in [2.45, 2.75) is 25.9 Å². The van der Waals surface area contributed by atoms with E-state index in [9.17, 15) is 9.90 Å². The van der Waals surface area contributed by atoms with Crippen molar-refractivity contribution in [3.05, 3.63) is 23.1 Å². The molecule has 4 nitrogen and oxygen atoms in total. The third kappa shape index (κ3) is 3.25. The van der Waals surface area contributed by atoms with Crippen molar-refractivity contribution in [3.63, 3.8) is 0 Å². The van der Waals surface area contributed by atoms with Crippen molar-refractivity contribution >= 4 is 17.5 Å². The van der Waals surface area contributed by atoms with Crippen LogP contribution in [0.4, 0.5) is 0 Å². The third-order valence-corrected chi connectivity index (χ3v) is 2.55. The monoisotopic (exact) mass is 231 g/mol. The average Bonchev–Trinajstić information content (AvgIpc) is 2.61. The largest absolute Gasteiger partial charge is 0.452 e. The minimum Gasteiger partial charge on any atom is -0.452 e. The molecule has 1 aromatic rings. The van der Waals surface area contributed by atoms with Gasteiger partial charge in [0.1, 0.15) is 0 Å². The Morgan fingerprint density at radius 2 is 2.40 bits per heavy atom. The fourth-order valence-corrected chi connectivity index (χ4v) is 1.15. The summed E-state index contributed by atoms with van der Waals surface area (Å²) in [5.74, 6) is -0.345. The summed E-state index contributed by atoms with van der Waals surface area (Å²) in [6.07, 6.45) is 1.90.